The summed E-state index contributed by atoms with van der Waals surface area (Å²) in [6.07, 6.45) is 5.23. The summed E-state index contributed by atoms with van der Waals surface area (Å²) in [5.41, 5.74) is 1.07. The van der Waals surface area contributed by atoms with Crippen LogP contribution in [0, 0.1) is 19.3 Å². The largest absolute Gasteiger partial charge is 0.480 e. The fourth-order valence-corrected chi connectivity index (χ4v) is 3.66. The molecule has 0 unspecified atom stereocenters. The Hall–Kier alpha value is -1.57. The maximum Gasteiger partial charge on any atom is 0.148 e. The van der Waals surface area contributed by atoms with Gasteiger partial charge in [-0.3, -0.25) is 0 Å². The number of thiophene rings is 1. The first kappa shape index (κ1) is 10.6. The van der Waals surface area contributed by atoms with Crippen LogP contribution in [0.3, 0.4) is 0 Å². The SMILES string of the molecule is C#CCOc1cc2sc(C)nc2c2sccc12. The second-order valence-electron chi connectivity index (χ2n) is 3.61. The van der Waals surface area contributed by atoms with Gasteiger partial charge in [0, 0.05) is 11.5 Å². The first-order valence-electron chi connectivity index (χ1n) is 5.13. The molecule has 0 saturated heterocycles. The molecule has 0 radical (unpaired) electrons. The van der Waals surface area contributed by atoms with Gasteiger partial charge in [0.25, 0.3) is 0 Å². The minimum atomic E-state index is 0.300. The number of thiazole rings is 1. The van der Waals surface area contributed by atoms with Gasteiger partial charge in [0.2, 0.25) is 0 Å². The van der Waals surface area contributed by atoms with Crippen molar-refractivity contribution in [3.63, 3.8) is 0 Å². The van der Waals surface area contributed by atoms with E-state index in [9.17, 15) is 0 Å². The Morgan fingerprint density at radius 3 is 3.24 bits per heavy atom. The molecule has 0 aliphatic heterocycles. The molecular formula is C13H9NOS2. The van der Waals surface area contributed by atoms with Gasteiger partial charge < -0.3 is 4.74 Å². The lowest BCUT2D eigenvalue weighted by atomic mass is 10.2. The summed E-state index contributed by atoms with van der Waals surface area (Å²) in [6, 6.07) is 4.09. The summed E-state index contributed by atoms with van der Waals surface area (Å²) < 4.78 is 7.93. The Kier molecular flexibility index (Phi) is 2.50. The van der Waals surface area contributed by atoms with Gasteiger partial charge in [-0.15, -0.1) is 29.1 Å². The zero-order valence-corrected chi connectivity index (χ0v) is 10.8. The number of aryl methyl sites for hydroxylation is 1. The van der Waals surface area contributed by atoms with Crippen LogP contribution in [0.15, 0.2) is 17.5 Å². The van der Waals surface area contributed by atoms with Gasteiger partial charge in [0.1, 0.15) is 12.4 Å². The highest BCUT2D eigenvalue weighted by atomic mass is 32.1. The summed E-state index contributed by atoms with van der Waals surface area (Å²) in [7, 11) is 0. The number of hydrogen-bond donors (Lipinski definition) is 0. The van der Waals surface area contributed by atoms with E-state index in [-0.39, 0.29) is 0 Å². The molecule has 0 bridgehead atoms. The lowest BCUT2D eigenvalue weighted by molar-refractivity contribution is 0.375. The Morgan fingerprint density at radius 2 is 2.41 bits per heavy atom. The molecule has 2 nitrogen and oxygen atoms in total. The number of terminal acetylenes is 1. The van der Waals surface area contributed by atoms with Gasteiger partial charge in [0.05, 0.1) is 19.9 Å². The minimum absolute atomic E-state index is 0.300. The first-order valence-corrected chi connectivity index (χ1v) is 6.83. The Bertz CT molecular complexity index is 733. The number of hydrogen-bond acceptors (Lipinski definition) is 4. The molecule has 0 saturated carbocycles. The number of rotatable bonds is 2. The van der Waals surface area contributed by atoms with E-state index in [4.69, 9.17) is 11.2 Å². The van der Waals surface area contributed by atoms with E-state index in [1.165, 1.54) is 4.70 Å². The van der Waals surface area contributed by atoms with Crippen LogP contribution in [0.25, 0.3) is 20.3 Å². The smallest absolute Gasteiger partial charge is 0.148 e. The van der Waals surface area contributed by atoms with Crippen molar-refractivity contribution >= 4 is 43.0 Å². The molecule has 0 amide bonds. The van der Waals surface area contributed by atoms with Crippen LogP contribution in [-0.2, 0) is 0 Å². The van der Waals surface area contributed by atoms with Crippen LogP contribution in [0.1, 0.15) is 5.01 Å². The van der Waals surface area contributed by atoms with Crippen LogP contribution in [0.2, 0.25) is 0 Å². The summed E-state index contributed by atoms with van der Waals surface area (Å²) in [6.45, 7) is 2.32. The van der Waals surface area contributed by atoms with Crippen LogP contribution in [0.4, 0.5) is 0 Å². The van der Waals surface area contributed by atoms with Crippen molar-refractivity contribution in [2.45, 2.75) is 6.92 Å². The second-order valence-corrected chi connectivity index (χ2v) is 5.76. The average molecular weight is 259 g/mol. The van der Waals surface area contributed by atoms with Crippen LogP contribution >= 0.6 is 22.7 Å². The topological polar surface area (TPSA) is 22.1 Å². The molecule has 1 aromatic carbocycles. The zero-order valence-electron chi connectivity index (χ0n) is 9.19. The van der Waals surface area contributed by atoms with Crippen molar-refractivity contribution in [1.82, 2.24) is 4.98 Å². The van der Waals surface area contributed by atoms with E-state index >= 15 is 0 Å². The van der Waals surface area contributed by atoms with Crippen LogP contribution in [-0.4, -0.2) is 11.6 Å². The summed E-state index contributed by atoms with van der Waals surface area (Å²) in [5.74, 6) is 3.35. The molecular weight excluding hydrogens is 250 g/mol. The molecule has 0 fully saturated rings. The van der Waals surface area contributed by atoms with Gasteiger partial charge in [-0.2, -0.15) is 0 Å². The van der Waals surface area contributed by atoms with Crippen molar-refractivity contribution in [3.8, 4) is 18.1 Å². The molecule has 0 aliphatic rings. The molecule has 4 heteroatoms. The maximum atomic E-state index is 5.59. The van der Waals surface area contributed by atoms with E-state index < -0.39 is 0 Å². The van der Waals surface area contributed by atoms with E-state index in [1.54, 1.807) is 22.7 Å². The highest BCUT2D eigenvalue weighted by Crippen LogP contribution is 2.38. The normalized spacial score (nSPS) is 10.8. The molecule has 3 rings (SSSR count). The Balaban J connectivity index is 2.32. The number of ether oxygens (including phenoxy) is 1. The first-order chi connectivity index (χ1) is 8.29. The van der Waals surface area contributed by atoms with E-state index in [0.29, 0.717) is 6.61 Å². The van der Waals surface area contributed by atoms with Crippen molar-refractivity contribution in [2.75, 3.05) is 6.61 Å². The predicted molar refractivity (Wildman–Crippen MR) is 74.1 cm³/mol. The standard InChI is InChI=1S/C13H9NOS2/c1-3-5-15-10-7-11-12(14-8(2)17-11)13-9(10)4-6-16-13/h1,4,6-7H,5H2,2H3. The summed E-state index contributed by atoms with van der Waals surface area (Å²) in [5, 5.41) is 4.23. The Labute approximate surface area is 107 Å². The number of nitrogens with zero attached hydrogens (tertiary/aromatic N) is 1. The predicted octanol–water partition coefficient (Wildman–Crippen LogP) is 3.83. The second kappa shape index (κ2) is 4.02. The lowest BCUT2D eigenvalue weighted by Crippen LogP contribution is -1.93. The van der Waals surface area contributed by atoms with Gasteiger partial charge in [-0.05, 0) is 18.4 Å². The molecule has 84 valence electrons. The van der Waals surface area contributed by atoms with Gasteiger partial charge in [-0.25, -0.2) is 4.98 Å². The van der Waals surface area contributed by atoms with Gasteiger partial charge in [0.15, 0.2) is 0 Å². The molecule has 0 atom stereocenters. The third-order valence-corrected chi connectivity index (χ3v) is 4.32. The van der Waals surface area contributed by atoms with E-state index in [2.05, 4.69) is 22.4 Å². The maximum absolute atomic E-state index is 5.59. The quantitative estimate of drug-likeness (QED) is 0.652. The third kappa shape index (κ3) is 1.68. The van der Waals surface area contributed by atoms with E-state index in [1.807, 2.05) is 13.0 Å². The number of benzene rings is 1. The summed E-state index contributed by atoms with van der Waals surface area (Å²) in [4.78, 5) is 4.57. The highest BCUT2D eigenvalue weighted by Gasteiger charge is 2.11. The average Bonchev–Trinajstić information content (AvgIpc) is 2.90. The van der Waals surface area contributed by atoms with Crippen LogP contribution in [0.5, 0.6) is 5.75 Å². The molecule has 2 aromatic heterocycles. The van der Waals surface area contributed by atoms with Gasteiger partial charge >= 0.3 is 0 Å². The van der Waals surface area contributed by atoms with Crippen molar-refractivity contribution in [3.05, 3.63) is 22.5 Å². The molecule has 17 heavy (non-hydrogen) atoms. The van der Waals surface area contributed by atoms with Gasteiger partial charge in [-0.1, -0.05) is 5.92 Å². The number of aromatic nitrogens is 1. The lowest BCUT2D eigenvalue weighted by Gasteiger charge is -2.04. The monoisotopic (exact) mass is 259 g/mol. The molecule has 3 aromatic rings. The zero-order chi connectivity index (χ0) is 11.8. The van der Waals surface area contributed by atoms with Crippen molar-refractivity contribution in [1.29, 1.82) is 0 Å². The minimum Gasteiger partial charge on any atom is -0.480 e. The molecule has 0 N–H and O–H groups in total. The molecule has 0 spiro atoms. The number of fused-ring (bicyclic) bond motifs is 3. The Morgan fingerprint density at radius 1 is 1.53 bits per heavy atom. The highest BCUT2D eigenvalue weighted by molar-refractivity contribution is 7.21. The fourth-order valence-electron chi connectivity index (χ4n) is 1.83. The third-order valence-electron chi connectivity index (χ3n) is 2.48. The van der Waals surface area contributed by atoms with E-state index in [0.717, 1.165) is 26.4 Å². The van der Waals surface area contributed by atoms with Crippen molar-refractivity contribution in [2.24, 2.45) is 0 Å². The van der Waals surface area contributed by atoms with Crippen molar-refractivity contribution < 1.29 is 4.74 Å². The molecule has 0 aliphatic carbocycles. The fraction of sp³-hybridized carbons (Fsp3) is 0.154. The molecule has 2 heterocycles. The summed E-state index contributed by atoms with van der Waals surface area (Å²) >= 11 is 3.37. The van der Waals surface area contributed by atoms with Crippen LogP contribution < -0.4 is 4.74 Å².